The van der Waals surface area contributed by atoms with Crippen molar-refractivity contribution in [2.75, 3.05) is 11.0 Å². The molecule has 0 saturated carbocycles. The van der Waals surface area contributed by atoms with Crippen molar-refractivity contribution in [1.29, 1.82) is 0 Å². The lowest BCUT2D eigenvalue weighted by molar-refractivity contribution is 0.601. The quantitative estimate of drug-likeness (QED) is 0.474. The van der Waals surface area contributed by atoms with Crippen LogP contribution in [0, 0.1) is 5.82 Å². The summed E-state index contributed by atoms with van der Waals surface area (Å²) in [6, 6.07) is 1.52. The number of hydrogen-bond donors (Lipinski definition) is 1. The fraction of sp³-hybridized carbons (Fsp3) is 0.545. The van der Waals surface area contributed by atoms with Crippen LogP contribution < -0.4 is 5.32 Å². The first-order valence-corrected chi connectivity index (χ1v) is 6.71. The first-order chi connectivity index (χ1) is 7.33. The fourth-order valence-electron chi connectivity index (χ4n) is 1.31. The van der Waals surface area contributed by atoms with Crippen molar-refractivity contribution >= 4 is 22.6 Å². The molecule has 4 heteroatoms. The molecule has 1 rings (SSSR count). The zero-order valence-corrected chi connectivity index (χ0v) is 10.8. The summed E-state index contributed by atoms with van der Waals surface area (Å²) in [6.07, 6.45) is 6.65. The summed E-state index contributed by atoms with van der Waals surface area (Å²) in [5.74, 6) is -0.265. The number of aromatic nitrogens is 1. The van der Waals surface area contributed by atoms with Crippen molar-refractivity contribution in [3.05, 3.63) is 29.8 Å². The number of hydrogen-bond acceptors (Lipinski definition) is 2. The summed E-state index contributed by atoms with van der Waals surface area (Å²) < 4.78 is 14.0. The van der Waals surface area contributed by atoms with Crippen molar-refractivity contribution in [3.8, 4) is 0 Å². The maximum Gasteiger partial charge on any atom is 0.141 e. The average Bonchev–Trinajstić information content (AvgIpc) is 2.23. The van der Waals surface area contributed by atoms with Gasteiger partial charge in [0.2, 0.25) is 0 Å². The van der Waals surface area contributed by atoms with Crippen molar-refractivity contribution in [2.24, 2.45) is 0 Å². The first kappa shape index (κ1) is 12.8. The molecule has 0 aromatic carbocycles. The number of nitrogens with one attached hydrogen (secondary N) is 1. The van der Waals surface area contributed by atoms with E-state index in [9.17, 15) is 4.39 Å². The highest BCUT2D eigenvalue weighted by molar-refractivity contribution is 14.1. The number of rotatable bonds is 7. The maximum atomic E-state index is 12.8. The van der Waals surface area contributed by atoms with Gasteiger partial charge in [-0.05, 0) is 35.4 Å². The molecule has 0 atom stereocenters. The lowest BCUT2D eigenvalue weighted by atomic mass is 10.2. The highest BCUT2D eigenvalue weighted by atomic mass is 127. The van der Waals surface area contributed by atoms with Gasteiger partial charge in [-0.15, -0.1) is 0 Å². The lowest BCUT2D eigenvalue weighted by Gasteiger charge is -2.04. The Hall–Kier alpha value is -0.230. The van der Waals surface area contributed by atoms with E-state index in [1.165, 1.54) is 36.0 Å². The summed E-state index contributed by atoms with van der Waals surface area (Å²) in [5, 5.41) is 3.28. The summed E-state index contributed by atoms with van der Waals surface area (Å²) in [6.45, 7) is 1.70. The Kier molecular flexibility index (Phi) is 6.83. The van der Waals surface area contributed by atoms with Gasteiger partial charge in [0.15, 0.2) is 0 Å². The standard InChI is InChI=1S/C11H16FIN2/c12-11-6-10(8-15-9-11)7-14-5-3-1-2-4-13/h6,8-9,14H,1-5,7H2. The molecule has 2 nitrogen and oxygen atoms in total. The summed E-state index contributed by atoms with van der Waals surface area (Å²) >= 11 is 2.39. The Morgan fingerprint density at radius 1 is 1.27 bits per heavy atom. The minimum absolute atomic E-state index is 0.265. The number of unbranched alkanes of at least 4 members (excludes halogenated alkanes) is 2. The Balaban J connectivity index is 2.10. The third kappa shape index (κ3) is 6.04. The molecular weight excluding hydrogens is 306 g/mol. The summed E-state index contributed by atoms with van der Waals surface area (Å²) in [5.41, 5.74) is 0.906. The monoisotopic (exact) mass is 322 g/mol. The highest BCUT2D eigenvalue weighted by Crippen LogP contribution is 2.01. The molecule has 1 aromatic heterocycles. The van der Waals surface area contributed by atoms with E-state index in [1.807, 2.05) is 0 Å². The second-order valence-corrected chi connectivity index (χ2v) is 4.52. The van der Waals surface area contributed by atoms with E-state index in [1.54, 1.807) is 6.20 Å². The molecule has 1 aromatic rings. The maximum absolute atomic E-state index is 12.8. The third-order valence-electron chi connectivity index (χ3n) is 2.08. The number of alkyl halides is 1. The van der Waals surface area contributed by atoms with E-state index in [4.69, 9.17) is 0 Å². The van der Waals surface area contributed by atoms with Gasteiger partial charge in [-0.2, -0.15) is 0 Å². The summed E-state index contributed by atoms with van der Waals surface area (Å²) in [7, 11) is 0. The van der Waals surface area contributed by atoms with Crippen LogP contribution in [0.15, 0.2) is 18.5 Å². The molecule has 0 saturated heterocycles. The molecule has 84 valence electrons. The van der Waals surface area contributed by atoms with Gasteiger partial charge in [-0.1, -0.05) is 29.0 Å². The van der Waals surface area contributed by atoms with Crippen LogP contribution in [-0.2, 0) is 6.54 Å². The third-order valence-corrected chi connectivity index (χ3v) is 2.84. The van der Waals surface area contributed by atoms with Crippen LogP contribution in [-0.4, -0.2) is 16.0 Å². The molecule has 15 heavy (non-hydrogen) atoms. The van der Waals surface area contributed by atoms with E-state index >= 15 is 0 Å². The summed E-state index contributed by atoms with van der Waals surface area (Å²) in [4.78, 5) is 3.80. The van der Waals surface area contributed by atoms with E-state index in [0.717, 1.165) is 12.1 Å². The number of halogens is 2. The van der Waals surface area contributed by atoms with Crippen molar-refractivity contribution in [3.63, 3.8) is 0 Å². The van der Waals surface area contributed by atoms with E-state index < -0.39 is 0 Å². The molecule has 0 aliphatic rings. The molecular formula is C11H16FIN2. The topological polar surface area (TPSA) is 24.9 Å². The Labute approximate surface area is 104 Å². The van der Waals surface area contributed by atoms with Crippen LogP contribution in [0.25, 0.3) is 0 Å². The normalized spacial score (nSPS) is 10.5. The zero-order valence-electron chi connectivity index (χ0n) is 8.68. The van der Waals surface area contributed by atoms with Crippen molar-refractivity contribution in [2.45, 2.75) is 25.8 Å². The Morgan fingerprint density at radius 2 is 2.13 bits per heavy atom. The van der Waals surface area contributed by atoms with Crippen LogP contribution in [0.4, 0.5) is 4.39 Å². The Bertz CT molecular complexity index is 281. The van der Waals surface area contributed by atoms with E-state index in [0.29, 0.717) is 6.54 Å². The van der Waals surface area contributed by atoms with Crippen LogP contribution in [0.5, 0.6) is 0 Å². The van der Waals surface area contributed by atoms with Crippen LogP contribution in [0.2, 0.25) is 0 Å². The van der Waals surface area contributed by atoms with Gasteiger partial charge in [-0.25, -0.2) is 4.39 Å². The molecule has 0 aliphatic carbocycles. The van der Waals surface area contributed by atoms with Gasteiger partial charge in [0.1, 0.15) is 5.82 Å². The largest absolute Gasteiger partial charge is 0.313 e. The molecule has 0 spiro atoms. The number of pyridine rings is 1. The van der Waals surface area contributed by atoms with Crippen LogP contribution in [0.1, 0.15) is 24.8 Å². The molecule has 0 radical (unpaired) electrons. The van der Waals surface area contributed by atoms with Gasteiger partial charge < -0.3 is 5.32 Å². The zero-order chi connectivity index (χ0) is 10.9. The molecule has 0 aliphatic heterocycles. The van der Waals surface area contributed by atoms with Gasteiger partial charge in [0.25, 0.3) is 0 Å². The van der Waals surface area contributed by atoms with Crippen LogP contribution in [0.3, 0.4) is 0 Å². The predicted molar refractivity (Wildman–Crippen MR) is 68.6 cm³/mol. The average molecular weight is 322 g/mol. The van der Waals surface area contributed by atoms with Crippen LogP contribution >= 0.6 is 22.6 Å². The molecule has 0 amide bonds. The number of nitrogens with zero attached hydrogens (tertiary/aromatic N) is 1. The molecule has 1 N–H and O–H groups in total. The molecule has 0 unspecified atom stereocenters. The highest BCUT2D eigenvalue weighted by Gasteiger charge is 1.95. The molecule has 0 bridgehead atoms. The smallest absolute Gasteiger partial charge is 0.141 e. The second-order valence-electron chi connectivity index (χ2n) is 3.44. The molecule has 0 fully saturated rings. The van der Waals surface area contributed by atoms with Gasteiger partial charge >= 0.3 is 0 Å². The van der Waals surface area contributed by atoms with Crippen molar-refractivity contribution < 1.29 is 4.39 Å². The van der Waals surface area contributed by atoms with E-state index in [-0.39, 0.29) is 5.82 Å². The van der Waals surface area contributed by atoms with Gasteiger partial charge in [0, 0.05) is 12.7 Å². The van der Waals surface area contributed by atoms with Gasteiger partial charge in [-0.3, -0.25) is 4.98 Å². The fourth-order valence-corrected chi connectivity index (χ4v) is 1.85. The molecule has 1 heterocycles. The minimum Gasteiger partial charge on any atom is -0.313 e. The second kappa shape index (κ2) is 7.98. The Morgan fingerprint density at radius 3 is 2.87 bits per heavy atom. The lowest BCUT2D eigenvalue weighted by Crippen LogP contribution is -2.14. The van der Waals surface area contributed by atoms with Crippen molar-refractivity contribution in [1.82, 2.24) is 10.3 Å². The SMILES string of the molecule is Fc1cncc(CNCCCCCI)c1. The first-order valence-electron chi connectivity index (χ1n) is 5.19. The van der Waals surface area contributed by atoms with E-state index in [2.05, 4.69) is 32.9 Å². The van der Waals surface area contributed by atoms with Gasteiger partial charge in [0.05, 0.1) is 6.20 Å². The minimum atomic E-state index is -0.265. The predicted octanol–water partition coefficient (Wildman–Crippen LogP) is 2.92.